The lowest BCUT2D eigenvalue weighted by molar-refractivity contribution is -0.185. The molecule has 7 fully saturated rings. The zero-order valence-electron chi connectivity index (χ0n) is 20.7. The van der Waals surface area contributed by atoms with Gasteiger partial charge in [-0.25, -0.2) is 0 Å². The van der Waals surface area contributed by atoms with Crippen LogP contribution in [0.15, 0.2) is 11.6 Å². The fourth-order valence-electron chi connectivity index (χ4n) is 11.3. The Balaban J connectivity index is 1.11. The maximum Gasteiger partial charge on any atom is 0.312 e. The van der Waals surface area contributed by atoms with Crippen LogP contribution in [0, 0.1) is 58.2 Å². The Morgan fingerprint density at radius 2 is 1.70 bits per heavy atom. The van der Waals surface area contributed by atoms with E-state index in [-0.39, 0.29) is 22.9 Å². The molecule has 3 heteroatoms. The van der Waals surface area contributed by atoms with Gasteiger partial charge in [0.1, 0.15) is 6.10 Å². The average Bonchev–Trinajstić information content (AvgIpc) is 3.08. The lowest BCUT2D eigenvalue weighted by atomic mass is 9.49. The first kappa shape index (κ1) is 21.2. The predicted octanol–water partition coefficient (Wildman–Crippen LogP) is 6.50. The minimum atomic E-state index is -0.132. The molecule has 180 valence electrons. The monoisotopic (exact) mass is 450 g/mol. The van der Waals surface area contributed by atoms with Crippen molar-refractivity contribution in [3.05, 3.63) is 11.6 Å². The molecule has 8 rings (SSSR count). The largest absolute Gasteiger partial charge is 0.461 e. The van der Waals surface area contributed by atoms with Gasteiger partial charge in [-0.3, -0.25) is 9.59 Å². The van der Waals surface area contributed by atoms with E-state index in [4.69, 9.17) is 4.74 Å². The van der Waals surface area contributed by atoms with Crippen LogP contribution in [0.25, 0.3) is 0 Å². The molecule has 3 nitrogen and oxygen atoms in total. The van der Waals surface area contributed by atoms with Gasteiger partial charge in [-0.05, 0) is 130 Å². The molecule has 7 atom stereocenters. The maximum atomic E-state index is 13.8. The standard InChI is InChI=1S/C30H42O3/c1-17-9-21-13-22(31)3-4-23(21)24-7-8-29(2)25(27(17)24)5-6-26(29)33-28(32)30-14-18-10-19(15-30)12-20(11-18)16-30/h13,17-20,23-27H,3-12,14-16H2,1-2H3/t17-,18?,19?,20?,23+,24-,25+,26+,27-,29+,30?/m1/s1. The van der Waals surface area contributed by atoms with E-state index in [0.29, 0.717) is 23.5 Å². The second kappa shape index (κ2) is 7.20. The summed E-state index contributed by atoms with van der Waals surface area (Å²) in [5.74, 6) is 6.36. The Kier molecular flexibility index (Phi) is 4.62. The predicted molar refractivity (Wildman–Crippen MR) is 127 cm³/mol. The highest BCUT2D eigenvalue weighted by molar-refractivity contribution is 5.91. The lowest BCUT2D eigenvalue weighted by Crippen LogP contribution is -2.53. The van der Waals surface area contributed by atoms with Crippen molar-refractivity contribution in [2.75, 3.05) is 0 Å². The van der Waals surface area contributed by atoms with Gasteiger partial charge in [0.05, 0.1) is 5.41 Å². The zero-order valence-corrected chi connectivity index (χ0v) is 20.7. The van der Waals surface area contributed by atoms with Gasteiger partial charge in [-0.2, -0.15) is 0 Å². The summed E-state index contributed by atoms with van der Waals surface area (Å²) in [4.78, 5) is 25.8. The van der Waals surface area contributed by atoms with E-state index in [9.17, 15) is 9.59 Å². The Bertz CT molecular complexity index is 865. The minimum Gasteiger partial charge on any atom is -0.461 e. The molecule has 0 aromatic rings. The molecule has 0 radical (unpaired) electrons. The Labute approximate surface area is 199 Å². The van der Waals surface area contributed by atoms with Crippen molar-refractivity contribution in [3.63, 3.8) is 0 Å². The first-order valence-electron chi connectivity index (χ1n) is 14.3. The molecule has 0 amide bonds. The normalized spacial score (nSPS) is 54.3. The van der Waals surface area contributed by atoms with E-state index in [1.807, 2.05) is 6.08 Å². The van der Waals surface area contributed by atoms with Crippen molar-refractivity contribution in [2.45, 2.75) is 103 Å². The number of allylic oxidation sites excluding steroid dienone is 1. The van der Waals surface area contributed by atoms with Crippen LogP contribution in [-0.2, 0) is 14.3 Å². The van der Waals surface area contributed by atoms with E-state index in [1.54, 1.807) is 0 Å². The molecular formula is C30H42O3. The third-order valence-corrected chi connectivity index (χ3v) is 12.3. The van der Waals surface area contributed by atoms with Crippen LogP contribution in [-0.4, -0.2) is 17.9 Å². The second-order valence-corrected chi connectivity index (χ2v) is 14.1. The molecule has 0 aromatic carbocycles. The highest BCUT2D eigenvalue weighted by Gasteiger charge is 2.61. The van der Waals surface area contributed by atoms with Gasteiger partial charge in [-0.15, -0.1) is 0 Å². The number of carbonyl (C=O) groups excluding carboxylic acids is 2. The summed E-state index contributed by atoms with van der Waals surface area (Å²) in [6, 6.07) is 0. The topological polar surface area (TPSA) is 43.4 Å². The average molecular weight is 451 g/mol. The number of fused-ring (bicyclic) bond motifs is 5. The van der Waals surface area contributed by atoms with E-state index < -0.39 is 0 Å². The van der Waals surface area contributed by atoms with Crippen molar-refractivity contribution in [2.24, 2.45) is 58.2 Å². The van der Waals surface area contributed by atoms with Crippen LogP contribution < -0.4 is 0 Å². The number of ether oxygens (including phenoxy) is 1. The second-order valence-electron chi connectivity index (χ2n) is 14.1. The van der Waals surface area contributed by atoms with Crippen LogP contribution in [0.1, 0.15) is 97.3 Å². The highest BCUT2D eigenvalue weighted by atomic mass is 16.5. The fourth-order valence-corrected chi connectivity index (χ4v) is 11.3. The van der Waals surface area contributed by atoms with Crippen molar-refractivity contribution in [1.29, 1.82) is 0 Å². The molecule has 0 saturated heterocycles. The summed E-state index contributed by atoms with van der Waals surface area (Å²) in [7, 11) is 0. The van der Waals surface area contributed by atoms with Gasteiger partial charge in [0, 0.05) is 11.8 Å². The first-order valence-corrected chi connectivity index (χ1v) is 14.3. The van der Waals surface area contributed by atoms with Crippen molar-refractivity contribution in [1.82, 2.24) is 0 Å². The van der Waals surface area contributed by atoms with Crippen LogP contribution in [0.5, 0.6) is 0 Å². The number of ketones is 1. The van der Waals surface area contributed by atoms with E-state index in [1.165, 1.54) is 44.1 Å². The van der Waals surface area contributed by atoms with Gasteiger partial charge in [0.15, 0.2) is 5.78 Å². The number of carbonyl (C=O) groups is 2. The highest BCUT2D eigenvalue weighted by Crippen LogP contribution is 2.65. The number of hydrogen-bond acceptors (Lipinski definition) is 3. The minimum absolute atomic E-state index is 0.126. The van der Waals surface area contributed by atoms with Gasteiger partial charge < -0.3 is 4.74 Å². The molecule has 0 unspecified atom stereocenters. The zero-order chi connectivity index (χ0) is 22.5. The van der Waals surface area contributed by atoms with E-state index >= 15 is 0 Å². The quantitative estimate of drug-likeness (QED) is 0.451. The summed E-state index contributed by atoms with van der Waals surface area (Å²) < 4.78 is 6.61. The molecule has 33 heavy (non-hydrogen) atoms. The Hall–Kier alpha value is -1.12. The number of hydrogen-bond donors (Lipinski definition) is 0. The summed E-state index contributed by atoms with van der Waals surface area (Å²) in [6.07, 6.45) is 17.3. The van der Waals surface area contributed by atoms with Crippen LogP contribution >= 0.6 is 0 Å². The van der Waals surface area contributed by atoms with Gasteiger partial charge in [0.25, 0.3) is 0 Å². The van der Waals surface area contributed by atoms with Gasteiger partial charge in [-0.1, -0.05) is 19.4 Å². The van der Waals surface area contributed by atoms with Gasteiger partial charge in [0.2, 0.25) is 0 Å². The molecule has 8 aliphatic carbocycles. The molecule has 0 heterocycles. The summed E-state index contributed by atoms with van der Waals surface area (Å²) in [6.45, 7) is 4.91. The Morgan fingerprint density at radius 3 is 2.39 bits per heavy atom. The van der Waals surface area contributed by atoms with E-state index in [2.05, 4.69) is 13.8 Å². The van der Waals surface area contributed by atoms with Crippen LogP contribution in [0.3, 0.4) is 0 Å². The molecule has 0 N–H and O–H groups in total. The molecular weight excluding hydrogens is 408 g/mol. The molecule has 8 aliphatic rings. The maximum absolute atomic E-state index is 13.8. The Morgan fingerprint density at radius 1 is 1.00 bits per heavy atom. The fraction of sp³-hybridized carbons (Fsp3) is 0.867. The molecule has 7 saturated carbocycles. The molecule has 0 aliphatic heterocycles. The summed E-state index contributed by atoms with van der Waals surface area (Å²) in [5.41, 5.74) is 1.48. The smallest absolute Gasteiger partial charge is 0.312 e. The number of esters is 1. The van der Waals surface area contributed by atoms with Crippen molar-refractivity contribution in [3.8, 4) is 0 Å². The van der Waals surface area contributed by atoms with Crippen molar-refractivity contribution >= 4 is 11.8 Å². The van der Waals surface area contributed by atoms with Crippen molar-refractivity contribution < 1.29 is 14.3 Å². The SMILES string of the molecule is C[C@@H]1CC2=CC(=O)CC[C@@H]2[C@H]2CC[C@]3(C)[C@@H](OC(=O)C45CC6CC(CC(C6)C4)C5)CC[C@H]3[C@@H]21. The molecule has 0 aromatic heterocycles. The molecule has 0 spiro atoms. The van der Waals surface area contributed by atoms with Gasteiger partial charge >= 0.3 is 5.97 Å². The summed E-state index contributed by atoms with van der Waals surface area (Å²) in [5, 5.41) is 0. The third kappa shape index (κ3) is 3.05. The third-order valence-electron chi connectivity index (χ3n) is 12.3. The number of rotatable bonds is 2. The van der Waals surface area contributed by atoms with E-state index in [0.717, 1.165) is 74.5 Å². The summed E-state index contributed by atoms with van der Waals surface area (Å²) >= 11 is 0. The van der Waals surface area contributed by atoms with Crippen LogP contribution in [0.4, 0.5) is 0 Å². The molecule has 4 bridgehead atoms. The van der Waals surface area contributed by atoms with Crippen LogP contribution in [0.2, 0.25) is 0 Å². The lowest BCUT2D eigenvalue weighted by Gasteiger charge is -2.57. The first-order chi connectivity index (χ1) is 15.8.